The van der Waals surface area contributed by atoms with E-state index < -0.39 is 0 Å². The highest BCUT2D eigenvalue weighted by Gasteiger charge is 2.48. The summed E-state index contributed by atoms with van der Waals surface area (Å²) in [6, 6.07) is -0.243. The van der Waals surface area contributed by atoms with Crippen LogP contribution in [0.5, 0.6) is 0 Å². The molecule has 0 aliphatic carbocycles. The maximum atomic E-state index is 12.7. The standard InChI is InChI=1S/C16H28N2O2/c1-5-13-15(19)17-10-6-7-14(17)16(20)18(13)12(4)9-8-11(2)3/h11-14H,5-10H2,1-4H3. The van der Waals surface area contributed by atoms with Crippen molar-refractivity contribution in [2.24, 2.45) is 5.92 Å². The molecule has 0 aromatic carbocycles. The molecule has 2 fully saturated rings. The van der Waals surface area contributed by atoms with E-state index in [4.69, 9.17) is 0 Å². The zero-order valence-electron chi connectivity index (χ0n) is 13.3. The first-order valence-corrected chi connectivity index (χ1v) is 8.10. The van der Waals surface area contributed by atoms with Crippen molar-refractivity contribution in [1.29, 1.82) is 0 Å². The second-order valence-electron chi connectivity index (χ2n) is 6.68. The van der Waals surface area contributed by atoms with Gasteiger partial charge in [0.15, 0.2) is 0 Å². The van der Waals surface area contributed by atoms with Gasteiger partial charge in [-0.25, -0.2) is 0 Å². The van der Waals surface area contributed by atoms with Crippen molar-refractivity contribution >= 4 is 11.8 Å². The van der Waals surface area contributed by atoms with Gasteiger partial charge < -0.3 is 9.80 Å². The summed E-state index contributed by atoms with van der Waals surface area (Å²) < 4.78 is 0. The zero-order chi connectivity index (χ0) is 14.9. The van der Waals surface area contributed by atoms with E-state index in [1.54, 1.807) is 0 Å². The third kappa shape index (κ3) is 2.70. The van der Waals surface area contributed by atoms with Crippen LogP contribution in [0, 0.1) is 5.92 Å². The molecule has 0 aromatic heterocycles. The van der Waals surface area contributed by atoms with Crippen molar-refractivity contribution in [1.82, 2.24) is 9.80 Å². The van der Waals surface area contributed by atoms with Crippen molar-refractivity contribution in [3.05, 3.63) is 0 Å². The van der Waals surface area contributed by atoms with Crippen LogP contribution in [0.3, 0.4) is 0 Å². The Balaban J connectivity index is 2.15. The van der Waals surface area contributed by atoms with E-state index in [0.717, 1.165) is 38.6 Å². The van der Waals surface area contributed by atoms with Gasteiger partial charge >= 0.3 is 0 Å². The Morgan fingerprint density at radius 2 is 1.85 bits per heavy atom. The molecule has 3 unspecified atom stereocenters. The fourth-order valence-electron chi connectivity index (χ4n) is 3.53. The van der Waals surface area contributed by atoms with E-state index in [9.17, 15) is 9.59 Å². The first-order chi connectivity index (χ1) is 9.47. The lowest BCUT2D eigenvalue weighted by Gasteiger charge is -2.45. The molecule has 114 valence electrons. The van der Waals surface area contributed by atoms with Gasteiger partial charge in [-0.05, 0) is 44.9 Å². The summed E-state index contributed by atoms with van der Waals surface area (Å²) in [6.07, 6.45) is 4.62. The molecule has 0 aromatic rings. The maximum absolute atomic E-state index is 12.7. The predicted octanol–water partition coefficient (Wildman–Crippen LogP) is 2.42. The maximum Gasteiger partial charge on any atom is 0.246 e. The second-order valence-corrected chi connectivity index (χ2v) is 6.68. The number of amides is 2. The van der Waals surface area contributed by atoms with Gasteiger partial charge in [0.05, 0.1) is 0 Å². The summed E-state index contributed by atoms with van der Waals surface area (Å²) in [5, 5.41) is 0. The number of nitrogens with zero attached hydrogens (tertiary/aromatic N) is 2. The molecule has 0 bridgehead atoms. The lowest BCUT2D eigenvalue weighted by Crippen LogP contribution is -2.64. The Hall–Kier alpha value is -1.06. The normalized spacial score (nSPS) is 28.2. The van der Waals surface area contributed by atoms with E-state index in [0.29, 0.717) is 5.92 Å². The number of piperazine rings is 1. The van der Waals surface area contributed by atoms with Crippen LogP contribution in [0.1, 0.15) is 59.8 Å². The van der Waals surface area contributed by atoms with Gasteiger partial charge in [-0.15, -0.1) is 0 Å². The van der Waals surface area contributed by atoms with Crippen LogP contribution in [-0.2, 0) is 9.59 Å². The average molecular weight is 280 g/mol. The summed E-state index contributed by atoms with van der Waals surface area (Å²) in [7, 11) is 0. The third-order valence-electron chi connectivity index (χ3n) is 4.72. The van der Waals surface area contributed by atoms with Crippen molar-refractivity contribution in [2.75, 3.05) is 6.54 Å². The molecule has 0 N–H and O–H groups in total. The van der Waals surface area contributed by atoms with Crippen LogP contribution in [0.2, 0.25) is 0 Å². The lowest BCUT2D eigenvalue weighted by atomic mass is 9.97. The minimum atomic E-state index is -0.237. The monoisotopic (exact) mass is 280 g/mol. The molecular weight excluding hydrogens is 252 g/mol. The number of rotatable bonds is 5. The summed E-state index contributed by atoms with van der Waals surface area (Å²) >= 11 is 0. The molecule has 2 aliphatic heterocycles. The summed E-state index contributed by atoms with van der Waals surface area (Å²) in [4.78, 5) is 29.0. The van der Waals surface area contributed by atoms with Crippen molar-refractivity contribution in [3.8, 4) is 0 Å². The summed E-state index contributed by atoms with van der Waals surface area (Å²) in [5.41, 5.74) is 0. The number of carbonyl (C=O) groups is 2. The van der Waals surface area contributed by atoms with Crippen LogP contribution < -0.4 is 0 Å². The Bertz CT molecular complexity index is 381. The van der Waals surface area contributed by atoms with E-state index in [-0.39, 0.29) is 29.9 Å². The molecule has 2 rings (SSSR count). The Labute approximate surface area is 122 Å². The average Bonchev–Trinajstić information content (AvgIpc) is 2.89. The van der Waals surface area contributed by atoms with E-state index in [1.165, 1.54) is 0 Å². The molecule has 3 atom stereocenters. The quantitative estimate of drug-likeness (QED) is 0.776. The highest BCUT2D eigenvalue weighted by molar-refractivity contribution is 5.97. The molecule has 0 spiro atoms. The van der Waals surface area contributed by atoms with Gasteiger partial charge in [-0.2, -0.15) is 0 Å². The molecule has 2 aliphatic rings. The second kappa shape index (κ2) is 6.15. The Kier molecular flexibility index (Phi) is 4.71. The molecule has 0 radical (unpaired) electrons. The Morgan fingerprint density at radius 1 is 1.15 bits per heavy atom. The summed E-state index contributed by atoms with van der Waals surface area (Å²) in [6.45, 7) is 9.27. The number of fused-ring (bicyclic) bond motifs is 1. The van der Waals surface area contributed by atoms with Crippen LogP contribution in [0.25, 0.3) is 0 Å². The lowest BCUT2D eigenvalue weighted by molar-refractivity contribution is -0.162. The SMILES string of the molecule is CCC1C(=O)N2CCCC2C(=O)N1C(C)CCC(C)C. The fourth-order valence-corrected chi connectivity index (χ4v) is 3.53. The van der Waals surface area contributed by atoms with Crippen molar-refractivity contribution in [2.45, 2.75) is 77.9 Å². The number of hydrogen-bond donors (Lipinski definition) is 0. The first kappa shape index (κ1) is 15.3. The van der Waals surface area contributed by atoms with Crippen molar-refractivity contribution < 1.29 is 9.59 Å². The van der Waals surface area contributed by atoms with Crippen LogP contribution in [0.15, 0.2) is 0 Å². The molecule has 0 saturated carbocycles. The number of hydrogen-bond acceptors (Lipinski definition) is 2. The van der Waals surface area contributed by atoms with Crippen molar-refractivity contribution in [3.63, 3.8) is 0 Å². The molecule has 2 saturated heterocycles. The van der Waals surface area contributed by atoms with Gasteiger partial charge in [0.1, 0.15) is 12.1 Å². The van der Waals surface area contributed by atoms with Gasteiger partial charge in [0.2, 0.25) is 11.8 Å². The van der Waals surface area contributed by atoms with E-state index in [2.05, 4.69) is 20.8 Å². The van der Waals surface area contributed by atoms with Crippen LogP contribution in [-0.4, -0.2) is 46.3 Å². The number of carbonyl (C=O) groups excluding carboxylic acids is 2. The van der Waals surface area contributed by atoms with Gasteiger partial charge in [0.25, 0.3) is 0 Å². The largest absolute Gasteiger partial charge is 0.329 e. The van der Waals surface area contributed by atoms with E-state index >= 15 is 0 Å². The van der Waals surface area contributed by atoms with Gasteiger partial charge in [-0.1, -0.05) is 20.8 Å². The van der Waals surface area contributed by atoms with Gasteiger partial charge in [0, 0.05) is 12.6 Å². The molecule has 2 amide bonds. The Morgan fingerprint density at radius 3 is 2.45 bits per heavy atom. The molecule has 20 heavy (non-hydrogen) atoms. The predicted molar refractivity (Wildman–Crippen MR) is 79.2 cm³/mol. The summed E-state index contributed by atoms with van der Waals surface area (Å²) in [5.74, 6) is 0.993. The first-order valence-electron chi connectivity index (χ1n) is 8.10. The minimum absolute atomic E-state index is 0.168. The van der Waals surface area contributed by atoms with Gasteiger partial charge in [-0.3, -0.25) is 9.59 Å². The molecule has 4 heteroatoms. The van der Waals surface area contributed by atoms with E-state index in [1.807, 2.05) is 16.7 Å². The molecule has 2 heterocycles. The fraction of sp³-hybridized carbons (Fsp3) is 0.875. The molecular formula is C16H28N2O2. The van der Waals surface area contributed by atoms with Crippen LogP contribution >= 0.6 is 0 Å². The highest BCUT2D eigenvalue weighted by atomic mass is 16.2. The van der Waals surface area contributed by atoms with Crippen LogP contribution in [0.4, 0.5) is 0 Å². The highest BCUT2D eigenvalue weighted by Crippen LogP contribution is 2.30. The molecule has 4 nitrogen and oxygen atoms in total. The third-order valence-corrected chi connectivity index (χ3v) is 4.72. The zero-order valence-corrected chi connectivity index (χ0v) is 13.3. The smallest absolute Gasteiger partial charge is 0.246 e. The topological polar surface area (TPSA) is 40.6 Å². The minimum Gasteiger partial charge on any atom is -0.329 e.